The van der Waals surface area contributed by atoms with E-state index >= 15 is 0 Å². The van der Waals surface area contributed by atoms with Gasteiger partial charge in [-0.2, -0.15) is 0 Å². The van der Waals surface area contributed by atoms with Gasteiger partial charge in [0.1, 0.15) is 5.75 Å². The zero-order chi connectivity index (χ0) is 18.4. The van der Waals surface area contributed by atoms with Crippen molar-refractivity contribution in [3.05, 3.63) is 48.2 Å². The Balaban J connectivity index is 1.86. The van der Waals surface area contributed by atoms with E-state index in [2.05, 4.69) is 16.8 Å². The summed E-state index contributed by atoms with van der Waals surface area (Å²) in [7, 11) is 0. The van der Waals surface area contributed by atoms with E-state index in [1.165, 1.54) is 0 Å². The van der Waals surface area contributed by atoms with E-state index in [-0.39, 0.29) is 12.7 Å². The van der Waals surface area contributed by atoms with Crippen molar-refractivity contribution in [2.75, 3.05) is 26.3 Å². The largest absolute Gasteiger partial charge is 0.482 e. The minimum absolute atomic E-state index is 0.180. The van der Waals surface area contributed by atoms with Crippen molar-refractivity contribution in [3.8, 4) is 17.0 Å². The van der Waals surface area contributed by atoms with Crippen molar-refractivity contribution in [2.24, 2.45) is 0 Å². The molecule has 0 radical (unpaired) electrons. The minimum atomic E-state index is -0.985. The number of ether oxygens (including phenoxy) is 2. The maximum atomic E-state index is 10.9. The van der Waals surface area contributed by atoms with Crippen LogP contribution in [-0.2, 0) is 16.1 Å². The smallest absolute Gasteiger partial charge is 0.341 e. The van der Waals surface area contributed by atoms with Gasteiger partial charge in [0.25, 0.3) is 0 Å². The molecule has 0 amide bonds. The number of carboxylic acid groups (broad SMARTS) is 1. The number of carbonyl (C=O) groups is 1. The average Bonchev–Trinajstić information content (AvgIpc) is 2.85. The van der Waals surface area contributed by atoms with Gasteiger partial charge in [0.05, 0.1) is 11.8 Å². The Morgan fingerprint density at radius 2 is 2.27 bits per heavy atom. The number of pyridine rings is 1. The third-order valence-corrected chi connectivity index (χ3v) is 4.30. The van der Waals surface area contributed by atoms with Crippen LogP contribution in [0.5, 0.6) is 5.75 Å². The highest BCUT2D eigenvalue weighted by atomic mass is 16.5. The lowest BCUT2D eigenvalue weighted by Gasteiger charge is -2.23. The molecule has 138 valence electrons. The molecule has 0 bridgehead atoms. The van der Waals surface area contributed by atoms with Crippen molar-refractivity contribution in [3.63, 3.8) is 0 Å². The summed E-state index contributed by atoms with van der Waals surface area (Å²) in [6.07, 6.45) is 2.92. The molecule has 0 spiro atoms. The molecule has 1 saturated heterocycles. The van der Waals surface area contributed by atoms with Crippen molar-refractivity contribution in [2.45, 2.75) is 26.0 Å². The molecule has 1 aromatic heterocycles. The van der Waals surface area contributed by atoms with Gasteiger partial charge >= 0.3 is 5.97 Å². The van der Waals surface area contributed by atoms with Crippen molar-refractivity contribution in [1.82, 2.24) is 9.88 Å². The van der Waals surface area contributed by atoms with E-state index in [4.69, 9.17) is 14.6 Å². The predicted octanol–water partition coefficient (Wildman–Crippen LogP) is 2.82. The zero-order valence-electron chi connectivity index (χ0n) is 14.9. The lowest BCUT2D eigenvalue weighted by molar-refractivity contribution is -0.139. The van der Waals surface area contributed by atoms with E-state index in [0.29, 0.717) is 12.3 Å². The lowest BCUT2D eigenvalue weighted by Crippen LogP contribution is -2.30. The summed E-state index contributed by atoms with van der Waals surface area (Å²) >= 11 is 0. The van der Waals surface area contributed by atoms with Gasteiger partial charge in [-0.25, -0.2) is 4.79 Å². The summed E-state index contributed by atoms with van der Waals surface area (Å²) in [4.78, 5) is 17.6. The number of benzene rings is 1. The normalized spacial score (nSPS) is 18.3. The average molecular weight is 356 g/mol. The zero-order valence-corrected chi connectivity index (χ0v) is 14.9. The van der Waals surface area contributed by atoms with Gasteiger partial charge in [0.2, 0.25) is 0 Å². The number of carboxylic acids is 1. The van der Waals surface area contributed by atoms with Crippen LogP contribution in [0.3, 0.4) is 0 Å². The van der Waals surface area contributed by atoms with Crippen molar-refractivity contribution in [1.29, 1.82) is 0 Å². The molecule has 2 aromatic rings. The van der Waals surface area contributed by atoms with E-state index in [1.54, 1.807) is 6.20 Å². The molecule has 3 rings (SSSR count). The molecule has 1 atom stereocenters. The van der Waals surface area contributed by atoms with Crippen LogP contribution in [0.4, 0.5) is 0 Å². The molecule has 0 saturated carbocycles. The van der Waals surface area contributed by atoms with Crippen LogP contribution in [-0.4, -0.2) is 53.4 Å². The number of nitrogens with zero attached hydrogens (tertiary/aromatic N) is 2. The van der Waals surface area contributed by atoms with Crippen LogP contribution in [0.1, 0.15) is 18.9 Å². The lowest BCUT2D eigenvalue weighted by atomic mass is 10.1. The molecule has 1 fully saturated rings. The van der Waals surface area contributed by atoms with Crippen molar-refractivity contribution < 1.29 is 19.4 Å². The molecular weight excluding hydrogens is 332 g/mol. The molecule has 6 heteroatoms. The first-order valence-corrected chi connectivity index (χ1v) is 8.84. The maximum absolute atomic E-state index is 10.9. The first-order chi connectivity index (χ1) is 12.6. The van der Waals surface area contributed by atoms with E-state index in [1.807, 2.05) is 36.4 Å². The Labute approximate surface area is 153 Å². The van der Waals surface area contributed by atoms with E-state index < -0.39 is 5.97 Å². The summed E-state index contributed by atoms with van der Waals surface area (Å²) in [5.74, 6) is -0.383. The van der Waals surface area contributed by atoms with Gasteiger partial charge in [0.15, 0.2) is 6.61 Å². The molecular formula is C20H24N2O4. The van der Waals surface area contributed by atoms with Crippen LogP contribution >= 0.6 is 0 Å². The Morgan fingerprint density at radius 3 is 3.04 bits per heavy atom. The predicted molar refractivity (Wildman–Crippen MR) is 98.1 cm³/mol. The standard InChI is InChI=1S/C20H24N2O4/c1-15-12-22(9-4-10-25-15)13-17-11-16(18-5-2-3-8-21-18)6-7-19(17)26-14-20(23)24/h2-3,5-8,11,15H,4,9-10,12-14H2,1H3,(H,23,24)/t15-/m1/s1. The van der Waals surface area contributed by atoms with E-state index in [0.717, 1.165) is 42.9 Å². The number of rotatable bonds is 6. The van der Waals surface area contributed by atoms with Crippen LogP contribution in [0, 0.1) is 0 Å². The first kappa shape index (κ1) is 18.4. The fourth-order valence-electron chi connectivity index (χ4n) is 3.14. The highest BCUT2D eigenvalue weighted by molar-refractivity contribution is 5.69. The molecule has 6 nitrogen and oxygen atoms in total. The Morgan fingerprint density at radius 1 is 1.38 bits per heavy atom. The topological polar surface area (TPSA) is 71.9 Å². The molecule has 0 unspecified atom stereocenters. The van der Waals surface area contributed by atoms with Gasteiger partial charge in [-0.15, -0.1) is 0 Å². The third kappa shape index (κ3) is 5.03. The first-order valence-electron chi connectivity index (χ1n) is 8.84. The molecule has 26 heavy (non-hydrogen) atoms. The van der Waals surface area contributed by atoms with Crippen molar-refractivity contribution >= 4 is 5.97 Å². The van der Waals surface area contributed by atoms with Gasteiger partial charge < -0.3 is 14.6 Å². The second-order valence-corrected chi connectivity index (χ2v) is 6.49. The Hall–Kier alpha value is -2.44. The highest BCUT2D eigenvalue weighted by Gasteiger charge is 2.18. The fourth-order valence-corrected chi connectivity index (χ4v) is 3.14. The molecule has 1 N–H and O–H groups in total. The molecule has 0 aliphatic carbocycles. The van der Waals surface area contributed by atoms with Gasteiger partial charge in [-0.05, 0) is 43.7 Å². The Kier molecular flexibility index (Phi) is 6.20. The molecule has 1 aliphatic rings. The highest BCUT2D eigenvalue weighted by Crippen LogP contribution is 2.27. The molecule has 1 aromatic carbocycles. The fraction of sp³-hybridized carbons (Fsp3) is 0.400. The summed E-state index contributed by atoms with van der Waals surface area (Å²) in [6.45, 7) is 4.96. The number of aliphatic carboxylic acids is 1. The number of hydrogen-bond acceptors (Lipinski definition) is 5. The van der Waals surface area contributed by atoms with Gasteiger partial charge in [-0.3, -0.25) is 9.88 Å². The summed E-state index contributed by atoms with van der Waals surface area (Å²) in [5.41, 5.74) is 2.83. The van der Waals surface area contributed by atoms with Gasteiger partial charge in [-0.1, -0.05) is 6.07 Å². The second-order valence-electron chi connectivity index (χ2n) is 6.49. The Bertz CT molecular complexity index is 736. The maximum Gasteiger partial charge on any atom is 0.341 e. The summed E-state index contributed by atoms with van der Waals surface area (Å²) in [6, 6.07) is 11.6. The summed E-state index contributed by atoms with van der Waals surface area (Å²) < 4.78 is 11.2. The number of aromatic nitrogens is 1. The third-order valence-electron chi connectivity index (χ3n) is 4.30. The molecule has 2 heterocycles. The second kappa shape index (κ2) is 8.78. The summed E-state index contributed by atoms with van der Waals surface area (Å²) in [5, 5.41) is 8.93. The van der Waals surface area contributed by atoms with Crippen LogP contribution in [0.25, 0.3) is 11.3 Å². The van der Waals surface area contributed by atoms with Crippen LogP contribution < -0.4 is 4.74 Å². The van der Waals surface area contributed by atoms with E-state index in [9.17, 15) is 4.79 Å². The minimum Gasteiger partial charge on any atom is -0.482 e. The van der Waals surface area contributed by atoms with Gasteiger partial charge in [0, 0.05) is 43.6 Å². The van der Waals surface area contributed by atoms with Crippen LogP contribution in [0.15, 0.2) is 42.6 Å². The monoisotopic (exact) mass is 356 g/mol. The SMILES string of the molecule is C[C@@H]1CN(Cc2cc(-c3ccccn3)ccc2OCC(=O)O)CCCO1. The quantitative estimate of drug-likeness (QED) is 0.858. The number of hydrogen-bond donors (Lipinski definition) is 1. The molecule has 1 aliphatic heterocycles. The van der Waals surface area contributed by atoms with Crippen LogP contribution in [0.2, 0.25) is 0 Å².